The minimum absolute atomic E-state index is 1.03. The molecule has 1 aliphatic rings. The van der Waals surface area contributed by atoms with Gasteiger partial charge in [-0.3, -0.25) is 0 Å². The molecule has 0 heteroatoms. The second-order valence-electron chi connectivity index (χ2n) is 5.86. The Morgan fingerprint density at radius 1 is 0.370 bits per heavy atom. The van der Waals surface area contributed by atoms with Crippen LogP contribution in [0.1, 0.15) is 32.1 Å². The van der Waals surface area contributed by atoms with Crippen molar-refractivity contribution >= 4 is 0 Å². The summed E-state index contributed by atoms with van der Waals surface area (Å²) >= 11 is 0. The van der Waals surface area contributed by atoms with E-state index in [4.69, 9.17) is 0 Å². The van der Waals surface area contributed by atoms with E-state index in [1.807, 2.05) is 103 Å². The molecule has 0 unspecified atom stereocenters. The summed E-state index contributed by atoms with van der Waals surface area (Å²) in [5.41, 5.74) is 0. The molecule has 0 heterocycles. The van der Waals surface area contributed by atoms with E-state index in [0.717, 1.165) is 12.8 Å². The summed E-state index contributed by atoms with van der Waals surface area (Å²) in [6.45, 7) is 0. The van der Waals surface area contributed by atoms with E-state index >= 15 is 0 Å². The van der Waals surface area contributed by atoms with Gasteiger partial charge in [-0.15, -0.1) is 0 Å². The fourth-order valence-corrected chi connectivity index (χ4v) is 2.14. The molecule has 139 valence electrons. The zero-order chi connectivity index (χ0) is 19.1. The molecule has 0 aromatic heterocycles. The van der Waals surface area contributed by atoms with E-state index < -0.39 is 0 Å². The molecule has 0 N–H and O–H groups in total. The summed E-state index contributed by atoms with van der Waals surface area (Å²) in [4.78, 5) is 0. The minimum Gasteiger partial charge on any atom is -0.0845 e. The van der Waals surface area contributed by atoms with E-state index in [-0.39, 0.29) is 0 Å². The molecule has 0 fully saturated rings. The number of hydrogen-bond donors (Lipinski definition) is 0. The van der Waals surface area contributed by atoms with Crippen LogP contribution in [0, 0.1) is 6.08 Å². The number of hydrogen-bond acceptors (Lipinski definition) is 0. The van der Waals surface area contributed by atoms with Gasteiger partial charge in [-0.1, -0.05) is 134 Å². The lowest BCUT2D eigenvalue weighted by Crippen LogP contribution is -1.74. The summed E-state index contributed by atoms with van der Waals surface area (Å²) in [5.74, 6) is 0. The van der Waals surface area contributed by atoms with Crippen LogP contribution in [-0.4, -0.2) is 0 Å². The van der Waals surface area contributed by atoms with Gasteiger partial charge >= 0.3 is 0 Å². The highest BCUT2D eigenvalue weighted by atomic mass is 13.9. The summed E-state index contributed by atoms with van der Waals surface area (Å²) < 4.78 is 0. The maximum atomic E-state index is 3.32. The Bertz CT molecular complexity index is 607. The fraction of sp³-hybridized carbons (Fsp3) is 0.185. The van der Waals surface area contributed by atoms with Crippen molar-refractivity contribution in [3.63, 3.8) is 0 Å². The fourth-order valence-electron chi connectivity index (χ4n) is 2.14. The van der Waals surface area contributed by atoms with Crippen molar-refractivity contribution in [3.8, 4) is 0 Å². The van der Waals surface area contributed by atoms with E-state index in [2.05, 4.69) is 30.4 Å². The normalized spacial score (nSPS) is 30.5. The Morgan fingerprint density at radius 2 is 0.778 bits per heavy atom. The highest BCUT2D eigenvalue weighted by Gasteiger charge is 1.85. The van der Waals surface area contributed by atoms with Crippen molar-refractivity contribution in [2.24, 2.45) is 0 Å². The first-order chi connectivity index (χ1) is 13.5. The quantitative estimate of drug-likeness (QED) is 0.414. The molecule has 0 aliphatic heterocycles. The third kappa shape index (κ3) is 17.7. The predicted octanol–water partition coefficient (Wildman–Crippen LogP) is 7.87. The molecular weight excluding hydrogens is 324 g/mol. The van der Waals surface area contributed by atoms with Crippen LogP contribution in [0.3, 0.4) is 0 Å². The van der Waals surface area contributed by atoms with E-state index in [1.165, 1.54) is 19.3 Å². The molecule has 1 radical (unpaired) electrons. The van der Waals surface area contributed by atoms with Gasteiger partial charge in [-0.25, -0.2) is 0 Å². The molecule has 0 saturated heterocycles. The first-order valence-corrected chi connectivity index (χ1v) is 9.72. The molecule has 0 aromatic carbocycles. The molecule has 0 amide bonds. The van der Waals surface area contributed by atoms with Gasteiger partial charge in [0.05, 0.1) is 0 Å². The van der Waals surface area contributed by atoms with Crippen LogP contribution in [-0.2, 0) is 0 Å². The Labute approximate surface area is 166 Å². The third-order valence-electron chi connectivity index (χ3n) is 3.54. The molecule has 1 rings (SSSR count). The van der Waals surface area contributed by atoms with Crippen LogP contribution in [0.2, 0.25) is 0 Å². The second-order valence-corrected chi connectivity index (χ2v) is 5.86. The smallest absolute Gasteiger partial charge is 0.0276 e. The second kappa shape index (κ2) is 19.5. The average molecular weight is 356 g/mol. The predicted molar refractivity (Wildman–Crippen MR) is 122 cm³/mol. The lowest BCUT2D eigenvalue weighted by Gasteiger charge is -1.93. The Morgan fingerprint density at radius 3 is 1.26 bits per heavy atom. The Balaban J connectivity index is 2.52. The molecule has 0 saturated carbocycles. The van der Waals surface area contributed by atoms with Crippen LogP contribution in [0.5, 0.6) is 0 Å². The van der Waals surface area contributed by atoms with Crippen molar-refractivity contribution < 1.29 is 0 Å². The number of allylic oxidation sites excluding steroid dienone is 22. The minimum atomic E-state index is 1.03. The van der Waals surface area contributed by atoms with Gasteiger partial charge in [0.15, 0.2) is 0 Å². The lowest BCUT2D eigenvalue weighted by molar-refractivity contribution is 0.691. The van der Waals surface area contributed by atoms with Crippen LogP contribution in [0.15, 0.2) is 128 Å². The van der Waals surface area contributed by atoms with Crippen LogP contribution >= 0.6 is 0 Å². The van der Waals surface area contributed by atoms with Crippen molar-refractivity contribution in [2.75, 3.05) is 0 Å². The van der Waals surface area contributed by atoms with Crippen molar-refractivity contribution in [1.29, 1.82) is 0 Å². The summed E-state index contributed by atoms with van der Waals surface area (Å²) in [5, 5.41) is 0. The Hall–Kier alpha value is -2.86. The largest absolute Gasteiger partial charge is 0.0845 e. The van der Waals surface area contributed by atoms with Crippen LogP contribution in [0.4, 0.5) is 0 Å². The third-order valence-corrected chi connectivity index (χ3v) is 3.54. The molecular formula is C27H31. The van der Waals surface area contributed by atoms with Gasteiger partial charge in [-0.05, 0) is 31.8 Å². The maximum absolute atomic E-state index is 3.32. The van der Waals surface area contributed by atoms with Crippen molar-refractivity contribution in [3.05, 3.63) is 134 Å². The molecule has 0 atom stereocenters. The van der Waals surface area contributed by atoms with Crippen molar-refractivity contribution in [2.45, 2.75) is 32.1 Å². The highest BCUT2D eigenvalue weighted by molar-refractivity contribution is 5.22. The average Bonchev–Trinajstić information content (AvgIpc) is 2.68. The highest BCUT2D eigenvalue weighted by Crippen LogP contribution is 2.04. The standard InChI is InChI=1S/C27H31/c1-2-4-6-8-10-12-14-16-18-20-22-24-26-27-25-23-21-19-17-15-13-11-9-7-5-3-1/h1-21H,22,24-27H2/b3-1-,4-2-,7-5-,8-6-,11-9-,12-10-,15-13-,16-14-,19-17-,20-18-,23-21?. The molecule has 27 heavy (non-hydrogen) atoms. The summed E-state index contributed by atoms with van der Waals surface area (Å²) in [6, 6.07) is 0. The topological polar surface area (TPSA) is 0 Å². The maximum Gasteiger partial charge on any atom is -0.0276 e. The van der Waals surface area contributed by atoms with E-state index in [9.17, 15) is 0 Å². The Kier molecular flexibility index (Phi) is 16.0. The van der Waals surface area contributed by atoms with Crippen LogP contribution < -0.4 is 0 Å². The van der Waals surface area contributed by atoms with Crippen molar-refractivity contribution in [1.82, 2.24) is 0 Å². The molecule has 0 spiro atoms. The molecule has 0 bridgehead atoms. The van der Waals surface area contributed by atoms with Gasteiger partial charge in [0.2, 0.25) is 0 Å². The molecule has 1 aliphatic carbocycles. The molecule has 0 nitrogen and oxygen atoms in total. The summed E-state index contributed by atoms with van der Waals surface area (Å²) in [6.07, 6.45) is 52.0. The SMILES string of the molecule is [C]1=C/C=C\C=C/C=C\C=C/C=C\C=C/C=C\C=C/C=C\C=C/CCCCC\1. The number of rotatable bonds is 0. The van der Waals surface area contributed by atoms with E-state index in [1.54, 1.807) is 0 Å². The zero-order valence-electron chi connectivity index (χ0n) is 16.2. The molecule has 0 aromatic rings. The first-order valence-electron chi connectivity index (χ1n) is 9.72. The van der Waals surface area contributed by atoms with Gasteiger partial charge in [0.1, 0.15) is 0 Å². The monoisotopic (exact) mass is 355 g/mol. The van der Waals surface area contributed by atoms with Crippen LogP contribution in [0.25, 0.3) is 0 Å². The van der Waals surface area contributed by atoms with Gasteiger partial charge in [-0.2, -0.15) is 0 Å². The summed E-state index contributed by atoms with van der Waals surface area (Å²) in [7, 11) is 0. The van der Waals surface area contributed by atoms with Gasteiger partial charge in [0.25, 0.3) is 0 Å². The van der Waals surface area contributed by atoms with Gasteiger partial charge in [0, 0.05) is 0 Å². The first kappa shape index (κ1) is 22.2. The lowest BCUT2D eigenvalue weighted by atomic mass is 10.1. The van der Waals surface area contributed by atoms with Gasteiger partial charge < -0.3 is 0 Å². The zero-order valence-corrected chi connectivity index (χ0v) is 16.2. The van der Waals surface area contributed by atoms with E-state index in [0.29, 0.717) is 0 Å².